The zero-order chi connectivity index (χ0) is 35.6. The Balaban J connectivity index is 1.52. The van der Waals surface area contributed by atoms with E-state index < -0.39 is 14.3 Å². The van der Waals surface area contributed by atoms with Crippen LogP contribution in [0.15, 0.2) is 158 Å². The zero-order valence-electron chi connectivity index (χ0n) is 29.6. The molecule has 1 aliphatic rings. The Hall–Kier alpha value is -4.62. The van der Waals surface area contributed by atoms with Crippen molar-refractivity contribution < 1.29 is 18.6 Å². The fraction of sp³-hybridized carbons (Fsp3) is 0.217. The molecule has 6 aromatic rings. The number of benzene rings is 6. The predicted octanol–water partition coefficient (Wildman–Crippen LogP) is 9.52. The van der Waals surface area contributed by atoms with Crippen LogP contribution in [0.4, 0.5) is 0 Å². The zero-order valence-corrected chi connectivity index (χ0v) is 31.4. The van der Waals surface area contributed by atoms with Crippen molar-refractivity contribution in [3.05, 3.63) is 158 Å². The van der Waals surface area contributed by atoms with Gasteiger partial charge in [-0.1, -0.05) is 160 Å². The minimum absolute atomic E-state index is 0.594. The van der Waals surface area contributed by atoms with E-state index in [-0.39, 0.29) is 0 Å². The second-order valence-electron chi connectivity index (χ2n) is 13.4. The Bertz CT molecular complexity index is 1910. The quantitative estimate of drug-likeness (QED) is 0.161. The molecule has 0 aromatic heterocycles. The van der Waals surface area contributed by atoms with Gasteiger partial charge in [-0.2, -0.15) is 0 Å². The molecule has 6 aromatic carbocycles. The molecule has 0 aliphatic carbocycles. The van der Waals surface area contributed by atoms with Gasteiger partial charge in [0, 0.05) is 31.8 Å². The molecule has 0 saturated heterocycles. The summed E-state index contributed by atoms with van der Waals surface area (Å²) in [5.41, 5.74) is 1.45. The maximum atomic E-state index is 16.1. The van der Waals surface area contributed by atoms with Crippen molar-refractivity contribution in [3.8, 4) is 22.6 Å². The van der Waals surface area contributed by atoms with Crippen LogP contribution in [0.25, 0.3) is 11.1 Å². The first-order chi connectivity index (χ1) is 25.6. The van der Waals surface area contributed by atoms with Crippen LogP contribution in [0.3, 0.4) is 0 Å². The average Bonchev–Trinajstić information content (AvgIpc) is 3.21. The van der Waals surface area contributed by atoms with Crippen LogP contribution >= 0.6 is 14.3 Å². The molecule has 0 radical (unpaired) electrons. The Kier molecular flexibility index (Phi) is 11.6. The molecule has 1 aliphatic heterocycles. The van der Waals surface area contributed by atoms with E-state index in [1.165, 1.54) is 25.7 Å². The van der Waals surface area contributed by atoms with Crippen molar-refractivity contribution in [1.82, 2.24) is 0 Å². The highest BCUT2D eigenvalue weighted by atomic mass is 31.2. The normalized spacial score (nSPS) is 14.6. The van der Waals surface area contributed by atoms with Gasteiger partial charge in [0.05, 0.1) is 13.2 Å². The molecule has 6 heteroatoms. The maximum Gasteiger partial charge on any atom is 0.171 e. The topological polar surface area (TPSA) is 52.6 Å². The van der Waals surface area contributed by atoms with Crippen LogP contribution in [0.2, 0.25) is 0 Å². The van der Waals surface area contributed by atoms with Gasteiger partial charge in [0.1, 0.15) is 11.5 Å². The smallest absolute Gasteiger partial charge is 0.171 e. The molecular formula is C46H46O4P2. The summed E-state index contributed by atoms with van der Waals surface area (Å²) in [6.45, 7) is 1.19. The van der Waals surface area contributed by atoms with E-state index in [0.717, 1.165) is 58.0 Å². The number of hydrogen-bond acceptors (Lipinski definition) is 4. The van der Waals surface area contributed by atoms with Crippen LogP contribution in [0.5, 0.6) is 11.5 Å². The SMILES string of the molecule is O=P(c1ccccc1)(c1ccccc1)c1ccc2cc1-c1cc(ccc1P(=O)(c1ccccc1)c1ccccc1)OCCCCCCCCCCO2. The largest absolute Gasteiger partial charge is 0.494 e. The first kappa shape index (κ1) is 35.8. The second kappa shape index (κ2) is 16.8. The number of fused-ring (bicyclic) bond motifs is 5. The van der Waals surface area contributed by atoms with Gasteiger partial charge in [0.2, 0.25) is 0 Å². The van der Waals surface area contributed by atoms with Crippen LogP contribution < -0.4 is 41.3 Å². The summed E-state index contributed by atoms with van der Waals surface area (Å²) < 4.78 is 45.1. The van der Waals surface area contributed by atoms with Gasteiger partial charge in [0.15, 0.2) is 14.3 Å². The van der Waals surface area contributed by atoms with Crippen molar-refractivity contribution in [1.29, 1.82) is 0 Å². The van der Waals surface area contributed by atoms with Crippen LogP contribution in [0, 0.1) is 0 Å². The van der Waals surface area contributed by atoms with Gasteiger partial charge in [0.25, 0.3) is 0 Å². The number of ether oxygens (including phenoxy) is 2. The Labute approximate surface area is 308 Å². The molecule has 0 amide bonds. The third-order valence-electron chi connectivity index (χ3n) is 9.96. The third-order valence-corrected chi connectivity index (χ3v) is 16.2. The van der Waals surface area contributed by atoms with Crippen molar-refractivity contribution in [2.45, 2.75) is 51.4 Å². The first-order valence-corrected chi connectivity index (χ1v) is 22.0. The van der Waals surface area contributed by atoms with Crippen molar-refractivity contribution >= 4 is 46.1 Å². The summed E-state index contributed by atoms with van der Waals surface area (Å²) in [4.78, 5) is 0. The van der Waals surface area contributed by atoms with E-state index in [2.05, 4.69) is 0 Å². The van der Waals surface area contributed by atoms with Crippen LogP contribution in [0.1, 0.15) is 51.4 Å². The highest BCUT2D eigenvalue weighted by molar-refractivity contribution is 7.86. The lowest BCUT2D eigenvalue weighted by Gasteiger charge is -2.27. The van der Waals surface area contributed by atoms with Crippen LogP contribution in [-0.2, 0) is 9.13 Å². The minimum atomic E-state index is -3.48. The lowest BCUT2D eigenvalue weighted by atomic mass is 10.0. The summed E-state index contributed by atoms with van der Waals surface area (Å²) in [6.07, 6.45) is 9.05. The summed E-state index contributed by atoms with van der Waals surface area (Å²) >= 11 is 0. The molecule has 0 fully saturated rings. The standard InChI is InChI=1S/C46H46O4P2/c47-51(39-21-11-7-12-22-39,40-23-13-8-14-24-40)45-31-29-37-35-43(45)44-36-38(50-34-20-6-4-2-1-3-5-19-33-49-37)30-32-46(44)52(48,41-25-15-9-16-26-41)42-27-17-10-18-28-42/h7-18,21-32,35-36H,1-6,19-20,33-34H2. The highest BCUT2D eigenvalue weighted by Crippen LogP contribution is 2.50. The van der Waals surface area contributed by atoms with E-state index in [9.17, 15) is 0 Å². The molecule has 1 heterocycles. The van der Waals surface area contributed by atoms with Crippen molar-refractivity contribution in [3.63, 3.8) is 0 Å². The Morgan fingerprint density at radius 2 is 0.635 bits per heavy atom. The molecule has 4 bridgehead atoms. The maximum absolute atomic E-state index is 16.1. The van der Waals surface area contributed by atoms with Crippen molar-refractivity contribution in [2.24, 2.45) is 0 Å². The van der Waals surface area contributed by atoms with Gasteiger partial charge in [-0.3, -0.25) is 0 Å². The van der Waals surface area contributed by atoms with Crippen molar-refractivity contribution in [2.75, 3.05) is 13.2 Å². The summed E-state index contributed by atoms with van der Waals surface area (Å²) in [6, 6.07) is 50.8. The molecule has 0 atom stereocenters. The fourth-order valence-electron chi connectivity index (χ4n) is 7.24. The second-order valence-corrected chi connectivity index (χ2v) is 18.9. The van der Waals surface area contributed by atoms with Crippen LogP contribution in [-0.4, -0.2) is 13.2 Å². The number of hydrogen-bond donors (Lipinski definition) is 0. The fourth-order valence-corrected chi connectivity index (χ4v) is 12.9. The predicted molar refractivity (Wildman–Crippen MR) is 219 cm³/mol. The van der Waals surface area contributed by atoms with Gasteiger partial charge < -0.3 is 18.6 Å². The molecule has 52 heavy (non-hydrogen) atoms. The first-order valence-electron chi connectivity index (χ1n) is 18.6. The number of rotatable bonds is 6. The molecule has 4 nitrogen and oxygen atoms in total. The monoisotopic (exact) mass is 724 g/mol. The van der Waals surface area contributed by atoms with E-state index in [1.54, 1.807) is 0 Å². The average molecular weight is 725 g/mol. The molecule has 0 saturated carbocycles. The Morgan fingerprint density at radius 1 is 0.346 bits per heavy atom. The van der Waals surface area contributed by atoms with E-state index >= 15 is 9.13 Å². The van der Waals surface area contributed by atoms with E-state index in [4.69, 9.17) is 9.47 Å². The molecule has 0 N–H and O–H groups in total. The lowest BCUT2D eigenvalue weighted by molar-refractivity contribution is 0.301. The third kappa shape index (κ3) is 7.61. The van der Waals surface area contributed by atoms with E-state index in [0.29, 0.717) is 35.3 Å². The molecule has 0 spiro atoms. The van der Waals surface area contributed by atoms with Gasteiger partial charge in [-0.05, 0) is 60.4 Å². The summed E-state index contributed by atoms with van der Waals surface area (Å²) in [5.74, 6) is 1.39. The van der Waals surface area contributed by atoms with Gasteiger partial charge in [-0.15, -0.1) is 0 Å². The molecule has 0 unspecified atom stereocenters. The summed E-state index contributed by atoms with van der Waals surface area (Å²) in [5, 5.41) is 4.25. The van der Waals surface area contributed by atoms with Gasteiger partial charge >= 0.3 is 0 Å². The molecule has 264 valence electrons. The summed E-state index contributed by atoms with van der Waals surface area (Å²) in [7, 11) is -6.95. The lowest BCUT2D eigenvalue weighted by Crippen LogP contribution is -2.29. The molecular weight excluding hydrogens is 678 g/mol. The minimum Gasteiger partial charge on any atom is -0.494 e. The van der Waals surface area contributed by atoms with Gasteiger partial charge in [-0.25, -0.2) is 0 Å². The molecule has 7 rings (SSSR count). The highest BCUT2D eigenvalue weighted by Gasteiger charge is 2.37. The van der Waals surface area contributed by atoms with E-state index in [1.807, 2.05) is 158 Å². The Morgan fingerprint density at radius 3 is 0.942 bits per heavy atom.